The zero-order valence-corrected chi connectivity index (χ0v) is 10.1. The van der Waals surface area contributed by atoms with Gasteiger partial charge < -0.3 is 11.1 Å². The van der Waals surface area contributed by atoms with Crippen molar-refractivity contribution >= 4 is 32.9 Å². The first-order valence-corrected chi connectivity index (χ1v) is 6.46. The summed E-state index contributed by atoms with van der Waals surface area (Å²) in [7, 11) is 0. The first kappa shape index (κ1) is 9.90. The average molecular weight is 233 g/mol. The lowest BCUT2D eigenvalue weighted by Gasteiger charge is -2.40. The van der Waals surface area contributed by atoms with Crippen LogP contribution in [0.5, 0.6) is 0 Å². The van der Waals surface area contributed by atoms with Gasteiger partial charge in [-0.2, -0.15) is 0 Å². The van der Waals surface area contributed by atoms with Gasteiger partial charge in [0.05, 0.1) is 21.6 Å². The number of anilines is 2. The molecule has 1 aromatic carbocycles. The largest absolute Gasteiger partial charge is 0.395 e. The van der Waals surface area contributed by atoms with Crippen LogP contribution in [0.2, 0.25) is 0 Å². The summed E-state index contributed by atoms with van der Waals surface area (Å²) in [4.78, 5) is 4.31. The molecule has 1 aromatic heterocycles. The summed E-state index contributed by atoms with van der Waals surface area (Å²) in [5.41, 5.74) is 10.9. The highest BCUT2D eigenvalue weighted by atomic mass is 32.1. The zero-order valence-electron chi connectivity index (χ0n) is 9.29. The molecule has 3 nitrogen and oxygen atoms in total. The van der Waals surface area contributed by atoms with Crippen LogP contribution in [0.3, 0.4) is 0 Å². The van der Waals surface area contributed by atoms with Crippen LogP contribution < -0.4 is 11.1 Å². The fraction of sp³-hybridized carbons (Fsp3) is 0.417. The molecule has 0 radical (unpaired) electrons. The number of benzene rings is 1. The molecule has 0 bridgehead atoms. The number of nitrogen functional groups attached to an aromatic ring is 1. The first-order chi connectivity index (χ1) is 7.68. The summed E-state index contributed by atoms with van der Waals surface area (Å²) in [5.74, 6) is 0. The molecule has 0 atom stereocenters. The van der Waals surface area contributed by atoms with Crippen LogP contribution in [0.25, 0.3) is 10.2 Å². The van der Waals surface area contributed by atoms with E-state index in [9.17, 15) is 0 Å². The van der Waals surface area contributed by atoms with Crippen molar-refractivity contribution in [3.63, 3.8) is 0 Å². The number of aromatic nitrogens is 1. The van der Waals surface area contributed by atoms with Gasteiger partial charge in [0.25, 0.3) is 0 Å². The van der Waals surface area contributed by atoms with E-state index in [0.29, 0.717) is 0 Å². The van der Waals surface area contributed by atoms with Crippen LogP contribution in [0, 0.1) is 0 Å². The molecule has 0 aliphatic heterocycles. The number of fused-ring (bicyclic) bond motifs is 1. The topological polar surface area (TPSA) is 50.9 Å². The maximum absolute atomic E-state index is 6.13. The molecule has 16 heavy (non-hydrogen) atoms. The van der Waals surface area contributed by atoms with Crippen molar-refractivity contribution in [2.24, 2.45) is 0 Å². The number of nitrogens with one attached hydrogen (secondary N) is 1. The van der Waals surface area contributed by atoms with E-state index in [0.717, 1.165) is 21.6 Å². The van der Waals surface area contributed by atoms with Gasteiger partial charge in [-0.05, 0) is 38.3 Å². The maximum atomic E-state index is 6.13. The molecule has 1 aliphatic rings. The Labute approximate surface area is 98.7 Å². The highest BCUT2D eigenvalue weighted by Gasteiger charge is 2.31. The lowest BCUT2D eigenvalue weighted by atomic mass is 9.78. The fourth-order valence-electron chi connectivity index (χ4n) is 2.22. The predicted molar refractivity (Wildman–Crippen MR) is 69.9 cm³/mol. The van der Waals surface area contributed by atoms with Crippen LogP contribution in [-0.2, 0) is 0 Å². The fourth-order valence-corrected chi connectivity index (χ4v) is 2.91. The lowest BCUT2D eigenvalue weighted by Crippen LogP contribution is -2.41. The molecule has 1 aliphatic carbocycles. The van der Waals surface area contributed by atoms with E-state index in [2.05, 4.69) is 29.4 Å². The first-order valence-electron chi connectivity index (χ1n) is 5.58. The highest BCUT2D eigenvalue weighted by Crippen LogP contribution is 2.38. The Morgan fingerprint density at radius 3 is 2.94 bits per heavy atom. The van der Waals surface area contributed by atoms with Crippen LogP contribution >= 0.6 is 11.3 Å². The van der Waals surface area contributed by atoms with Gasteiger partial charge in [0.1, 0.15) is 5.52 Å². The minimum absolute atomic E-state index is 0.234. The van der Waals surface area contributed by atoms with E-state index >= 15 is 0 Å². The number of nitrogens with two attached hydrogens (primary N) is 1. The summed E-state index contributed by atoms with van der Waals surface area (Å²) < 4.78 is 1.15. The number of thiazole rings is 1. The van der Waals surface area contributed by atoms with E-state index in [1.165, 1.54) is 19.3 Å². The smallest absolute Gasteiger partial charge is 0.106 e. The lowest BCUT2D eigenvalue weighted by molar-refractivity contribution is 0.307. The Balaban J connectivity index is 2.00. The monoisotopic (exact) mass is 233 g/mol. The minimum atomic E-state index is 0.234. The second-order valence-electron chi connectivity index (χ2n) is 4.77. The van der Waals surface area contributed by atoms with E-state index in [-0.39, 0.29) is 5.54 Å². The summed E-state index contributed by atoms with van der Waals surface area (Å²) in [6, 6.07) is 4.16. The minimum Gasteiger partial charge on any atom is -0.395 e. The van der Waals surface area contributed by atoms with Gasteiger partial charge in [-0.3, -0.25) is 0 Å². The van der Waals surface area contributed by atoms with Gasteiger partial charge >= 0.3 is 0 Å². The molecule has 1 fully saturated rings. The van der Waals surface area contributed by atoms with Crippen molar-refractivity contribution in [1.29, 1.82) is 0 Å². The van der Waals surface area contributed by atoms with Gasteiger partial charge in [-0.15, -0.1) is 11.3 Å². The Bertz CT molecular complexity index is 528. The molecule has 84 valence electrons. The number of rotatable bonds is 2. The van der Waals surface area contributed by atoms with E-state index in [4.69, 9.17) is 5.73 Å². The summed E-state index contributed by atoms with van der Waals surface area (Å²) >= 11 is 1.63. The van der Waals surface area contributed by atoms with E-state index < -0.39 is 0 Å². The van der Waals surface area contributed by atoms with Crippen molar-refractivity contribution in [2.75, 3.05) is 11.1 Å². The molecule has 0 saturated heterocycles. The van der Waals surface area contributed by atoms with Crippen LogP contribution in [0.15, 0.2) is 17.6 Å². The molecule has 0 unspecified atom stereocenters. The Hall–Kier alpha value is -1.29. The molecule has 4 heteroatoms. The number of hydrogen-bond donors (Lipinski definition) is 2. The molecule has 3 rings (SSSR count). The van der Waals surface area contributed by atoms with Crippen LogP contribution in [0.1, 0.15) is 26.2 Å². The zero-order chi connectivity index (χ0) is 11.2. The molecule has 1 saturated carbocycles. The summed E-state index contributed by atoms with van der Waals surface area (Å²) in [6.45, 7) is 2.25. The van der Waals surface area contributed by atoms with Gasteiger partial charge in [-0.1, -0.05) is 0 Å². The molecule has 2 aromatic rings. The van der Waals surface area contributed by atoms with Gasteiger partial charge in [-0.25, -0.2) is 4.98 Å². The van der Waals surface area contributed by atoms with Gasteiger partial charge in [0, 0.05) is 5.54 Å². The summed E-state index contributed by atoms with van der Waals surface area (Å²) in [5, 5.41) is 3.54. The third kappa shape index (κ3) is 1.45. The quantitative estimate of drug-likeness (QED) is 0.783. The van der Waals surface area contributed by atoms with E-state index in [1.807, 2.05) is 5.51 Å². The summed E-state index contributed by atoms with van der Waals surface area (Å²) in [6.07, 6.45) is 3.76. The molecule has 0 spiro atoms. The number of hydrogen-bond acceptors (Lipinski definition) is 4. The van der Waals surface area contributed by atoms with E-state index in [1.54, 1.807) is 11.3 Å². The second-order valence-corrected chi connectivity index (χ2v) is 5.65. The van der Waals surface area contributed by atoms with Crippen molar-refractivity contribution in [2.45, 2.75) is 31.7 Å². The van der Waals surface area contributed by atoms with Crippen LogP contribution in [-0.4, -0.2) is 10.5 Å². The Morgan fingerprint density at radius 1 is 1.44 bits per heavy atom. The Morgan fingerprint density at radius 2 is 2.25 bits per heavy atom. The number of nitrogens with zero attached hydrogens (tertiary/aromatic N) is 1. The highest BCUT2D eigenvalue weighted by molar-refractivity contribution is 7.16. The predicted octanol–water partition coefficient (Wildman–Crippen LogP) is 3.23. The molecular formula is C12H15N3S. The van der Waals surface area contributed by atoms with Crippen LogP contribution in [0.4, 0.5) is 11.4 Å². The molecular weight excluding hydrogens is 218 g/mol. The SMILES string of the molecule is CC1(Nc2ccc3scnc3c2N)CCC1. The van der Waals surface area contributed by atoms with Crippen molar-refractivity contribution in [3.8, 4) is 0 Å². The molecule has 0 amide bonds. The standard InChI is InChI=1S/C12H15N3S/c1-12(5-2-6-12)15-8-3-4-9-11(10(8)13)14-7-16-9/h3-4,7,15H,2,5-6,13H2,1H3. The Kier molecular flexibility index (Phi) is 2.07. The normalized spacial score (nSPS) is 18.3. The second kappa shape index (κ2) is 3.35. The third-order valence-electron chi connectivity index (χ3n) is 3.44. The molecule has 3 N–H and O–H groups in total. The third-order valence-corrected chi connectivity index (χ3v) is 4.23. The van der Waals surface area contributed by atoms with Crippen molar-refractivity contribution in [3.05, 3.63) is 17.6 Å². The van der Waals surface area contributed by atoms with Gasteiger partial charge in [0.15, 0.2) is 0 Å². The van der Waals surface area contributed by atoms with Gasteiger partial charge in [0.2, 0.25) is 0 Å². The molecule has 1 heterocycles. The van der Waals surface area contributed by atoms with Crippen molar-refractivity contribution in [1.82, 2.24) is 4.98 Å². The van der Waals surface area contributed by atoms with Crippen molar-refractivity contribution < 1.29 is 0 Å². The maximum Gasteiger partial charge on any atom is 0.106 e. The average Bonchev–Trinajstić information content (AvgIpc) is 2.68.